The first-order valence-corrected chi connectivity index (χ1v) is 13.0. The van der Waals surface area contributed by atoms with E-state index in [0.29, 0.717) is 31.9 Å². The highest BCUT2D eigenvalue weighted by Crippen LogP contribution is 2.36. The average Bonchev–Trinajstić information content (AvgIpc) is 2.89. The van der Waals surface area contributed by atoms with E-state index in [2.05, 4.69) is 25.6 Å². The Balaban J connectivity index is 1.53. The molecule has 0 saturated carbocycles. The van der Waals surface area contributed by atoms with Crippen molar-refractivity contribution in [3.63, 3.8) is 0 Å². The Morgan fingerprint density at radius 3 is 2.31 bits per heavy atom. The molecule has 1 saturated heterocycles. The summed E-state index contributed by atoms with van der Waals surface area (Å²) in [6.45, 7) is 4.78. The summed E-state index contributed by atoms with van der Waals surface area (Å²) in [5.74, 6) is -0.362. The fourth-order valence-electron chi connectivity index (χ4n) is 3.63. The number of alkyl halides is 3. The summed E-state index contributed by atoms with van der Waals surface area (Å²) in [6, 6.07) is 6.70. The minimum Gasteiger partial charge on any atom is -0.378 e. The lowest BCUT2D eigenvalue weighted by Gasteiger charge is -2.26. The number of amides is 3. The van der Waals surface area contributed by atoms with Gasteiger partial charge in [-0.05, 0) is 49.7 Å². The third-order valence-electron chi connectivity index (χ3n) is 5.56. The van der Waals surface area contributed by atoms with E-state index in [-0.39, 0.29) is 33.1 Å². The van der Waals surface area contributed by atoms with Crippen molar-refractivity contribution >= 4 is 45.7 Å². The number of hydrogen-bond donors (Lipinski definition) is 2. The molecule has 1 aliphatic heterocycles. The lowest BCUT2D eigenvalue weighted by molar-refractivity contribution is -0.137. The molecule has 4 rings (SSSR count). The van der Waals surface area contributed by atoms with Crippen LogP contribution >= 0.6 is 11.6 Å². The topological polar surface area (TPSA) is 126 Å². The van der Waals surface area contributed by atoms with Gasteiger partial charge in [0.25, 0.3) is 5.91 Å². The minimum atomic E-state index is -4.69. The number of hydrogen-bond acceptors (Lipinski definition) is 7. The smallest absolute Gasteiger partial charge is 0.378 e. The van der Waals surface area contributed by atoms with Crippen LogP contribution in [0.25, 0.3) is 0 Å². The van der Waals surface area contributed by atoms with Crippen molar-refractivity contribution in [1.29, 1.82) is 0 Å². The third-order valence-corrected chi connectivity index (χ3v) is 7.24. The Kier molecular flexibility index (Phi) is 8.47. The molecule has 10 nitrogen and oxygen atoms in total. The second-order valence-corrected chi connectivity index (χ2v) is 10.2. The fraction of sp³-hybridized carbons (Fsp3) is 0.292. The highest BCUT2D eigenvalue weighted by Gasteiger charge is 2.33. The van der Waals surface area contributed by atoms with Crippen LogP contribution in [0.15, 0.2) is 46.5 Å². The molecule has 15 heteroatoms. The van der Waals surface area contributed by atoms with Gasteiger partial charge in [-0.25, -0.2) is 19.0 Å². The summed E-state index contributed by atoms with van der Waals surface area (Å²) in [7, 11) is -1.95. The zero-order valence-electron chi connectivity index (χ0n) is 20.6. The normalized spacial score (nSPS) is 14.6. The number of carbonyl (C=O) groups excluding carboxylic acids is 2. The van der Waals surface area contributed by atoms with Gasteiger partial charge in [-0.2, -0.15) is 18.2 Å². The van der Waals surface area contributed by atoms with Crippen molar-refractivity contribution in [3.05, 3.63) is 64.2 Å². The van der Waals surface area contributed by atoms with E-state index in [1.165, 1.54) is 23.1 Å². The highest BCUT2D eigenvalue weighted by molar-refractivity contribution is 7.85. The molecule has 2 N–H and O–H groups in total. The van der Waals surface area contributed by atoms with Crippen molar-refractivity contribution in [3.8, 4) is 0 Å². The first-order valence-electron chi connectivity index (χ1n) is 11.5. The van der Waals surface area contributed by atoms with Crippen molar-refractivity contribution in [2.45, 2.75) is 30.1 Å². The van der Waals surface area contributed by atoms with Gasteiger partial charge in [0.05, 0.1) is 28.7 Å². The molecule has 3 amide bonds. The Morgan fingerprint density at radius 1 is 1.00 bits per heavy atom. The van der Waals surface area contributed by atoms with Gasteiger partial charge in [-0.1, -0.05) is 17.7 Å². The number of benzene rings is 2. The molecule has 3 aromatic rings. The molecule has 0 spiro atoms. The quantitative estimate of drug-likeness (QED) is 0.455. The fourth-order valence-corrected chi connectivity index (χ4v) is 5.03. The number of aryl methyl sites for hydroxylation is 2. The first kappa shape index (κ1) is 28.4. The maximum absolute atomic E-state index is 13.4. The Bertz CT molecular complexity index is 1450. The van der Waals surface area contributed by atoms with Crippen molar-refractivity contribution in [1.82, 2.24) is 19.9 Å². The van der Waals surface area contributed by atoms with E-state index in [4.69, 9.17) is 16.3 Å². The summed E-state index contributed by atoms with van der Waals surface area (Å²) >= 11 is 5.62. The molecule has 1 aliphatic rings. The predicted molar refractivity (Wildman–Crippen MR) is 136 cm³/mol. The average molecular weight is 583 g/mol. The number of morpholine rings is 1. The van der Waals surface area contributed by atoms with Crippen LogP contribution in [0.5, 0.6) is 0 Å². The van der Waals surface area contributed by atoms with Crippen LogP contribution in [-0.4, -0.2) is 62.3 Å². The molecule has 206 valence electrons. The number of carbonyl (C=O) groups is 2. The van der Waals surface area contributed by atoms with Crippen LogP contribution in [0, 0.1) is 13.8 Å². The lowest BCUT2D eigenvalue weighted by atomic mass is 10.2. The molecule has 1 atom stereocenters. The number of rotatable bonds is 5. The van der Waals surface area contributed by atoms with Gasteiger partial charge in [0.15, 0.2) is 0 Å². The molecule has 1 fully saturated rings. The second kappa shape index (κ2) is 11.6. The third kappa shape index (κ3) is 6.88. The van der Waals surface area contributed by atoms with Crippen molar-refractivity contribution in [2.24, 2.45) is 0 Å². The second-order valence-electron chi connectivity index (χ2n) is 8.41. The summed E-state index contributed by atoms with van der Waals surface area (Å²) in [5.41, 5.74) is -0.417. The summed E-state index contributed by atoms with van der Waals surface area (Å²) < 4.78 is 58.0. The van der Waals surface area contributed by atoms with Crippen molar-refractivity contribution < 1.29 is 31.7 Å². The van der Waals surface area contributed by atoms with Crippen LogP contribution < -0.4 is 10.6 Å². The van der Waals surface area contributed by atoms with E-state index in [0.717, 1.165) is 12.1 Å². The van der Waals surface area contributed by atoms with Crippen LogP contribution in [0.3, 0.4) is 0 Å². The number of ether oxygens (including phenoxy) is 1. The van der Waals surface area contributed by atoms with Gasteiger partial charge in [0.2, 0.25) is 11.0 Å². The van der Waals surface area contributed by atoms with Gasteiger partial charge in [0, 0.05) is 24.5 Å². The minimum absolute atomic E-state index is 0.127. The summed E-state index contributed by atoms with van der Waals surface area (Å²) in [5, 5.41) is 4.18. The SMILES string of the molecule is Cc1nc(C(=O)N2CCOCC2)nc(S(=O)c2cc(NC(=O)Nc3ccc(Cl)c(C(F)(F)F)c3)ccc2C)n1. The van der Waals surface area contributed by atoms with Crippen LogP contribution in [-0.2, 0) is 21.7 Å². The van der Waals surface area contributed by atoms with Gasteiger partial charge in [-0.3, -0.25) is 4.79 Å². The maximum Gasteiger partial charge on any atom is 0.417 e. The van der Waals surface area contributed by atoms with E-state index >= 15 is 0 Å². The molecule has 2 aromatic carbocycles. The molecule has 0 aliphatic carbocycles. The van der Waals surface area contributed by atoms with Gasteiger partial charge in [0.1, 0.15) is 16.6 Å². The number of anilines is 2. The number of halogens is 4. The lowest BCUT2D eigenvalue weighted by Crippen LogP contribution is -2.41. The molecule has 1 aromatic heterocycles. The molecular weight excluding hydrogens is 561 g/mol. The Labute approximate surface area is 228 Å². The monoisotopic (exact) mass is 582 g/mol. The summed E-state index contributed by atoms with van der Waals surface area (Å²) in [4.78, 5) is 39.5. The zero-order valence-corrected chi connectivity index (χ0v) is 22.2. The molecule has 0 radical (unpaired) electrons. The van der Waals surface area contributed by atoms with Crippen molar-refractivity contribution in [2.75, 3.05) is 36.9 Å². The highest BCUT2D eigenvalue weighted by atomic mass is 35.5. The molecular formula is C24H22ClF3N6O4S. The van der Waals surface area contributed by atoms with Gasteiger partial charge in [-0.15, -0.1) is 0 Å². The molecule has 39 heavy (non-hydrogen) atoms. The number of nitrogens with zero attached hydrogens (tertiary/aromatic N) is 4. The van der Waals surface area contributed by atoms with E-state index in [1.807, 2.05) is 0 Å². The van der Waals surface area contributed by atoms with E-state index < -0.39 is 39.5 Å². The summed E-state index contributed by atoms with van der Waals surface area (Å²) in [6.07, 6.45) is -4.69. The van der Waals surface area contributed by atoms with Gasteiger partial charge >= 0.3 is 12.2 Å². The Hall–Kier alpha value is -3.62. The Morgan fingerprint density at radius 2 is 1.64 bits per heavy atom. The van der Waals surface area contributed by atoms with Crippen LogP contribution in [0.1, 0.15) is 27.6 Å². The molecule has 1 unspecified atom stereocenters. The van der Waals surface area contributed by atoms with E-state index in [1.54, 1.807) is 19.9 Å². The standard InChI is InChI=1S/C24H22ClF3N6O4S/c1-13-3-4-16(32-22(36)31-15-5-6-18(25)17(11-15)24(26,27)28)12-19(13)39(37)23-30-14(2)29-20(33-23)21(35)34-7-9-38-10-8-34/h3-6,11-12H,7-10H2,1-2H3,(H2,31,32,36). The first-order chi connectivity index (χ1) is 18.4. The van der Waals surface area contributed by atoms with Crippen LogP contribution in [0.4, 0.5) is 29.3 Å². The van der Waals surface area contributed by atoms with E-state index in [9.17, 15) is 27.0 Å². The number of urea groups is 1. The largest absolute Gasteiger partial charge is 0.417 e. The maximum atomic E-state index is 13.4. The number of aromatic nitrogens is 3. The predicted octanol–water partition coefficient (Wildman–Crippen LogP) is 4.44. The van der Waals surface area contributed by atoms with Crippen LogP contribution in [0.2, 0.25) is 5.02 Å². The molecule has 2 heterocycles. The molecule has 0 bridgehead atoms. The number of nitrogens with one attached hydrogen (secondary N) is 2. The zero-order chi connectivity index (χ0) is 28.3. The van der Waals surface area contributed by atoms with Gasteiger partial charge < -0.3 is 20.3 Å².